The number of rotatable bonds is 2. The third kappa shape index (κ3) is 3.20. The van der Waals surface area contributed by atoms with Gasteiger partial charge in [-0.3, -0.25) is 4.79 Å². The van der Waals surface area contributed by atoms with Crippen molar-refractivity contribution in [1.29, 1.82) is 0 Å². The number of amides is 1. The van der Waals surface area contributed by atoms with Crippen LogP contribution in [0.15, 0.2) is 77.3 Å². The van der Waals surface area contributed by atoms with Gasteiger partial charge in [0.25, 0.3) is 5.91 Å². The second-order valence-electron chi connectivity index (χ2n) is 5.10. The van der Waals surface area contributed by atoms with E-state index in [1.165, 1.54) is 0 Å². The highest BCUT2D eigenvalue weighted by atomic mass is 79.9. The molecule has 1 aliphatic heterocycles. The Hall–Kier alpha value is -2.13. The van der Waals surface area contributed by atoms with Gasteiger partial charge in [-0.15, -0.1) is 0 Å². The third-order valence-corrected chi connectivity index (χ3v) is 4.13. The van der Waals surface area contributed by atoms with E-state index in [2.05, 4.69) is 22.0 Å². The minimum absolute atomic E-state index is 0.0336. The lowest BCUT2D eigenvalue weighted by Gasteiger charge is -2.24. The number of carbonyl (C=O) groups excluding carboxylic acids is 1. The molecule has 0 saturated heterocycles. The van der Waals surface area contributed by atoms with E-state index >= 15 is 0 Å². The number of carbonyl (C=O) groups is 1. The first-order valence-electron chi connectivity index (χ1n) is 7.25. The molecule has 3 rings (SSSR count). The van der Waals surface area contributed by atoms with Gasteiger partial charge in [0.1, 0.15) is 0 Å². The van der Waals surface area contributed by atoms with E-state index in [4.69, 9.17) is 0 Å². The van der Waals surface area contributed by atoms with Crippen LogP contribution in [0.25, 0.3) is 5.70 Å². The van der Waals surface area contributed by atoms with E-state index < -0.39 is 0 Å². The van der Waals surface area contributed by atoms with E-state index in [1.54, 1.807) is 0 Å². The Morgan fingerprint density at radius 1 is 1.00 bits per heavy atom. The van der Waals surface area contributed by atoms with Crippen molar-refractivity contribution in [3.63, 3.8) is 0 Å². The molecule has 0 aromatic heterocycles. The third-order valence-electron chi connectivity index (χ3n) is 3.61. The van der Waals surface area contributed by atoms with Crippen LogP contribution in [0.4, 0.5) is 0 Å². The van der Waals surface area contributed by atoms with Crippen LogP contribution in [0.1, 0.15) is 22.3 Å². The molecule has 1 amide bonds. The monoisotopic (exact) mass is 353 g/mol. The summed E-state index contributed by atoms with van der Waals surface area (Å²) in [6.07, 6.45) is 6.99. The smallest absolute Gasteiger partial charge is 0.258 e. The first-order chi connectivity index (χ1) is 10.8. The minimum atomic E-state index is 0.0336. The largest absolute Gasteiger partial charge is 0.307 e. The van der Waals surface area contributed by atoms with Gasteiger partial charge in [0, 0.05) is 16.6 Å². The van der Waals surface area contributed by atoms with Gasteiger partial charge in [-0.25, -0.2) is 0 Å². The van der Waals surface area contributed by atoms with Crippen molar-refractivity contribution in [2.24, 2.45) is 0 Å². The number of allylic oxidation sites excluding steroid dienone is 2. The molecular weight excluding hydrogens is 338 g/mol. The Balaban J connectivity index is 1.96. The lowest BCUT2D eigenvalue weighted by Crippen LogP contribution is -2.30. The summed E-state index contributed by atoms with van der Waals surface area (Å²) in [6.45, 7) is 0.687. The molecule has 0 radical (unpaired) electrons. The Labute approximate surface area is 138 Å². The summed E-state index contributed by atoms with van der Waals surface area (Å²) in [7, 11) is 0. The van der Waals surface area contributed by atoms with Crippen LogP contribution in [0.3, 0.4) is 0 Å². The normalized spacial score (nSPS) is 14.4. The van der Waals surface area contributed by atoms with Gasteiger partial charge >= 0.3 is 0 Å². The zero-order chi connectivity index (χ0) is 15.4. The van der Waals surface area contributed by atoms with Gasteiger partial charge in [0.05, 0.1) is 5.70 Å². The van der Waals surface area contributed by atoms with Crippen LogP contribution >= 0.6 is 15.9 Å². The summed E-state index contributed by atoms with van der Waals surface area (Å²) in [5.41, 5.74) is 2.70. The quantitative estimate of drug-likeness (QED) is 0.752. The maximum absolute atomic E-state index is 12.9. The highest BCUT2D eigenvalue weighted by Crippen LogP contribution is 2.24. The summed E-state index contributed by atoms with van der Waals surface area (Å²) in [5, 5.41) is 0. The van der Waals surface area contributed by atoms with E-state index in [1.807, 2.05) is 71.6 Å². The van der Waals surface area contributed by atoms with Crippen molar-refractivity contribution in [1.82, 2.24) is 4.90 Å². The molecule has 0 spiro atoms. The van der Waals surface area contributed by atoms with E-state index in [9.17, 15) is 4.79 Å². The molecule has 2 aromatic carbocycles. The molecule has 2 aromatic rings. The van der Waals surface area contributed by atoms with Gasteiger partial charge in [-0.1, -0.05) is 58.4 Å². The van der Waals surface area contributed by atoms with Crippen LogP contribution in [-0.4, -0.2) is 17.4 Å². The molecule has 1 heterocycles. The fraction of sp³-hybridized carbons (Fsp3) is 0.105. The van der Waals surface area contributed by atoms with Crippen LogP contribution in [0.2, 0.25) is 0 Å². The van der Waals surface area contributed by atoms with Gasteiger partial charge in [0.15, 0.2) is 0 Å². The van der Waals surface area contributed by atoms with Crippen molar-refractivity contribution < 1.29 is 4.79 Å². The number of hydrogen-bond donors (Lipinski definition) is 0. The fourth-order valence-corrected chi connectivity index (χ4v) is 2.75. The Kier molecular flexibility index (Phi) is 4.54. The highest BCUT2D eigenvalue weighted by Gasteiger charge is 2.21. The SMILES string of the molecule is O=C(c1ccc(Br)cc1)N1CCC=CC=C1c1ccccc1. The van der Waals surface area contributed by atoms with Crippen LogP contribution < -0.4 is 0 Å². The molecule has 0 atom stereocenters. The lowest BCUT2D eigenvalue weighted by molar-refractivity contribution is 0.0837. The lowest BCUT2D eigenvalue weighted by atomic mass is 10.1. The number of benzene rings is 2. The zero-order valence-electron chi connectivity index (χ0n) is 12.1. The number of hydrogen-bond acceptors (Lipinski definition) is 1. The Bertz CT molecular complexity index is 717. The molecular formula is C19H16BrNO. The molecule has 0 N–H and O–H groups in total. The molecule has 0 saturated carbocycles. The average molecular weight is 354 g/mol. The van der Waals surface area contributed by atoms with Crippen molar-refractivity contribution >= 4 is 27.5 Å². The molecule has 3 heteroatoms. The molecule has 22 heavy (non-hydrogen) atoms. The first kappa shape index (κ1) is 14.8. The van der Waals surface area contributed by atoms with E-state index in [0.29, 0.717) is 12.1 Å². The summed E-state index contributed by atoms with van der Waals surface area (Å²) in [6, 6.07) is 17.5. The summed E-state index contributed by atoms with van der Waals surface area (Å²) in [4.78, 5) is 14.7. The molecule has 2 nitrogen and oxygen atoms in total. The van der Waals surface area contributed by atoms with Crippen molar-refractivity contribution in [3.05, 3.63) is 88.4 Å². The zero-order valence-corrected chi connectivity index (χ0v) is 13.7. The molecule has 0 fully saturated rings. The van der Waals surface area contributed by atoms with Crippen LogP contribution in [-0.2, 0) is 0 Å². The van der Waals surface area contributed by atoms with Crippen LogP contribution in [0, 0.1) is 0 Å². The van der Waals surface area contributed by atoms with Crippen molar-refractivity contribution in [3.8, 4) is 0 Å². The van der Waals surface area contributed by atoms with Gasteiger partial charge in [0.2, 0.25) is 0 Å². The number of halogens is 1. The van der Waals surface area contributed by atoms with Crippen molar-refractivity contribution in [2.45, 2.75) is 6.42 Å². The topological polar surface area (TPSA) is 20.3 Å². The molecule has 0 bridgehead atoms. The Morgan fingerprint density at radius 3 is 2.45 bits per heavy atom. The predicted molar refractivity (Wildman–Crippen MR) is 93.4 cm³/mol. The molecule has 1 aliphatic rings. The van der Waals surface area contributed by atoms with Gasteiger partial charge in [-0.2, -0.15) is 0 Å². The maximum Gasteiger partial charge on any atom is 0.258 e. The first-order valence-corrected chi connectivity index (χ1v) is 8.05. The van der Waals surface area contributed by atoms with E-state index in [0.717, 1.165) is 22.2 Å². The average Bonchev–Trinajstić information content (AvgIpc) is 2.81. The minimum Gasteiger partial charge on any atom is -0.307 e. The second-order valence-corrected chi connectivity index (χ2v) is 6.01. The fourth-order valence-electron chi connectivity index (χ4n) is 2.49. The number of nitrogens with zero attached hydrogens (tertiary/aromatic N) is 1. The summed E-state index contributed by atoms with van der Waals surface area (Å²) >= 11 is 3.41. The van der Waals surface area contributed by atoms with E-state index in [-0.39, 0.29) is 5.91 Å². The molecule has 0 aliphatic carbocycles. The summed E-state index contributed by atoms with van der Waals surface area (Å²) in [5.74, 6) is 0.0336. The Morgan fingerprint density at radius 2 is 1.73 bits per heavy atom. The predicted octanol–water partition coefficient (Wildman–Crippen LogP) is 4.89. The molecule has 0 unspecified atom stereocenters. The molecule has 110 valence electrons. The van der Waals surface area contributed by atoms with Gasteiger partial charge in [-0.05, 0) is 42.3 Å². The van der Waals surface area contributed by atoms with Crippen molar-refractivity contribution in [2.75, 3.05) is 6.54 Å². The second kappa shape index (κ2) is 6.75. The highest BCUT2D eigenvalue weighted by molar-refractivity contribution is 9.10. The standard InChI is InChI=1S/C19H16BrNO/c20-17-12-10-16(11-13-17)19(22)21-14-6-2-5-9-18(21)15-7-3-1-4-8-15/h1-5,7-13H,6,14H2. The van der Waals surface area contributed by atoms with Gasteiger partial charge < -0.3 is 4.90 Å². The van der Waals surface area contributed by atoms with Crippen LogP contribution in [0.5, 0.6) is 0 Å². The summed E-state index contributed by atoms with van der Waals surface area (Å²) < 4.78 is 0.973. The maximum atomic E-state index is 12.9.